The Morgan fingerprint density at radius 3 is 2.75 bits per heavy atom. The molecule has 7 nitrogen and oxygen atoms in total. The van der Waals surface area contributed by atoms with Crippen molar-refractivity contribution in [1.82, 2.24) is 19.7 Å². The first kappa shape index (κ1) is 16.7. The molecule has 24 heavy (non-hydrogen) atoms. The zero-order chi connectivity index (χ0) is 17.3. The van der Waals surface area contributed by atoms with E-state index in [0.29, 0.717) is 37.2 Å². The number of rotatable bonds is 4. The van der Waals surface area contributed by atoms with E-state index >= 15 is 0 Å². The van der Waals surface area contributed by atoms with Crippen LogP contribution in [0.4, 0.5) is 0 Å². The van der Waals surface area contributed by atoms with Gasteiger partial charge >= 0.3 is 0 Å². The van der Waals surface area contributed by atoms with E-state index in [4.69, 9.17) is 9.15 Å². The van der Waals surface area contributed by atoms with Crippen LogP contribution in [0.15, 0.2) is 22.7 Å². The van der Waals surface area contributed by atoms with Gasteiger partial charge in [-0.1, -0.05) is 13.8 Å². The maximum Gasteiger partial charge on any atom is 0.270 e. The molecule has 1 aliphatic heterocycles. The third kappa shape index (κ3) is 3.21. The molecular weight excluding hydrogens is 308 g/mol. The minimum absolute atomic E-state index is 0.00518. The van der Waals surface area contributed by atoms with Gasteiger partial charge in [0, 0.05) is 24.7 Å². The molecule has 2 aromatic rings. The molecular formula is C17H24N4O3. The first-order valence-electron chi connectivity index (χ1n) is 8.38. The third-order valence-corrected chi connectivity index (χ3v) is 4.13. The van der Waals surface area contributed by atoms with Crippen molar-refractivity contribution in [1.29, 1.82) is 0 Å². The van der Waals surface area contributed by atoms with Crippen LogP contribution in [-0.4, -0.2) is 45.3 Å². The van der Waals surface area contributed by atoms with E-state index in [0.717, 1.165) is 0 Å². The molecule has 3 heterocycles. The Bertz CT molecular complexity index is 704. The molecule has 1 aliphatic rings. The average Bonchev–Trinajstić information content (AvgIpc) is 3.23. The van der Waals surface area contributed by atoms with Gasteiger partial charge in [0.2, 0.25) is 11.8 Å². The number of nitrogens with zero attached hydrogens (tertiary/aromatic N) is 4. The van der Waals surface area contributed by atoms with Crippen LogP contribution in [0.25, 0.3) is 0 Å². The summed E-state index contributed by atoms with van der Waals surface area (Å²) in [5.74, 6) is 1.20. The van der Waals surface area contributed by atoms with Crippen LogP contribution in [-0.2, 0) is 4.74 Å². The van der Waals surface area contributed by atoms with Gasteiger partial charge in [0.05, 0.1) is 13.2 Å². The summed E-state index contributed by atoms with van der Waals surface area (Å²) < 4.78 is 13.4. The molecule has 0 spiro atoms. The molecule has 3 rings (SSSR count). The van der Waals surface area contributed by atoms with Gasteiger partial charge in [0.1, 0.15) is 5.69 Å². The van der Waals surface area contributed by atoms with Crippen LogP contribution in [0.5, 0.6) is 0 Å². The van der Waals surface area contributed by atoms with E-state index in [1.165, 1.54) is 0 Å². The van der Waals surface area contributed by atoms with Crippen LogP contribution in [0.2, 0.25) is 0 Å². The van der Waals surface area contributed by atoms with Crippen molar-refractivity contribution < 1.29 is 13.9 Å². The summed E-state index contributed by atoms with van der Waals surface area (Å²) in [6, 6.07) is 3.99. The maximum absolute atomic E-state index is 12.9. The molecule has 0 aromatic carbocycles. The Morgan fingerprint density at radius 2 is 2.08 bits per heavy atom. The predicted octanol–water partition coefficient (Wildman–Crippen LogP) is 2.79. The number of amides is 1. The van der Waals surface area contributed by atoms with Gasteiger partial charge in [0.15, 0.2) is 6.10 Å². The second-order valence-electron chi connectivity index (χ2n) is 6.64. The summed E-state index contributed by atoms with van der Waals surface area (Å²) >= 11 is 0. The minimum atomic E-state index is -0.370. The van der Waals surface area contributed by atoms with Crippen molar-refractivity contribution in [3.05, 3.63) is 35.8 Å². The lowest BCUT2D eigenvalue weighted by Gasteiger charge is -2.31. The number of carbonyl (C=O) groups excluding carboxylic acids is 1. The Kier molecular flexibility index (Phi) is 4.71. The normalized spacial score (nSPS) is 18.6. The fraction of sp³-hybridized carbons (Fsp3) is 0.588. The first-order valence-corrected chi connectivity index (χ1v) is 8.38. The number of ether oxygens (including phenoxy) is 1. The lowest BCUT2D eigenvalue weighted by molar-refractivity contribution is -0.0354. The van der Waals surface area contributed by atoms with E-state index in [2.05, 4.69) is 24.0 Å². The van der Waals surface area contributed by atoms with Gasteiger partial charge in [0.25, 0.3) is 5.91 Å². The van der Waals surface area contributed by atoms with Crippen LogP contribution in [0, 0.1) is 0 Å². The standard InChI is InChI=1S/C17H24N4O3/c1-11(2)15-18-19-16(24-15)14-10-20(8-9-23-14)17(22)13-6-5-7-21(13)12(3)4/h5-7,11-12,14H,8-10H2,1-4H3. The van der Waals surface area contributed by atoms with E-state index in [9.17, 15) is 4.79 Å². The highest BCUT2D eigenvalue weighted by atomic mass is 16.5. The molecule has 1 amide bonds. The van der Waals surface area contributed by atoms with Gasteiger partial charge < -0.3 is 18.6 Å². The number of aromatic nitrogens is 3. The molecule has 1 unspecified atom stereocenters. The lowest BCUT2D eigenvalue weighted by Crippen LogP contribution is -2.43. The molecule has 0 N–H and O–H groups in total. The summed E-state index contributed by atoms with van der Waals surface area (Å²) in [4.78, 5) is 14.7. The van der Waals surface area contributed by atoms with Crippen molar-refractivity contribution in [3.8, 4) is 0 Å². The highest BCUT2D eigenvalue weighted by Crippen LogP contribution is 2.24. The van der Waals surface area contributed by atoms with Crippen molar-refractivity contribution >= 4 is 5.91 Å². The molecule has 0 saturated carbocycles. The van der Waals surface area contributed by atoms with Gasteiger partial charge in [-0.2, -0.15) is 0 Å². The Morgan fingerprint density at radius 1 is 1.29 bits per heavy atom. The fourth-order valence-electron chi connectivity index (χ4n) is 2.78. The van der Waals surface area contributed by atoms with Crippen LogP contribution in [0.1, 0.15) is 68.0 Å². The zero-order valence-corrected chi connectivity index (χ0v) is 14.6. The second-order valence-corrected chi connectivity index (χ2v) is 6.64. The van der Waals surface area contributed by atoms with Crippen molar-refractivity contribution in [2.45, 2.75) is 45.8 Å². The average molecular weight is 332 g/mol. The summed E-state index contributed by atoms with van der Waals surface area (Å²) in [6.45, 7) is 9.54. The molecule has 0 aliphatic carbocycles. The third-order valence-electron chi connectivity index (χ3n) is 4.13. The smallest absolute Gasteiger partial charge is 0.270 e. The van der Waals surface area contributed by atoms with Crippen LogP contribution in [0.3, 0.4) is 0 Å². The molecule has 1 fully saturated rings. The highest BCUT2D eigenvalue weighted by Gasteiger charge is 2.31. The van der Waals surface area contributed by atoms with Crippen molar-refractivity contribution in [2.75, 3.05) is 19.7 Å². The Hall–Kier alpha value is -2.15. The SMILES string of the molecule is CC(C)c1nnc(C2CN(C(=O)c3cccn3C(C)C)CCO2)o1. The quantitative estimate of drug-likeness (QED) is 0.861. The van der Waals surface area contributed by atoms with Crippen molar-refractivity contribution in [2.24, 2.45) is 0 Å². The summed E-state index contributed by atoms with van der Waals surface area (Å²) in [5.41, 5.74) is 0.694. The van der Waals surface area contributed by atoms with E-state index in [-0.39, 0.29) is 24.0 Å². The molecule has 0 radical (unpaired) electrons. The van der Waals surface area contributed by atoms with E-state index in [1.54, 1.807) is 4.90 Å². The van der Waals surface area contributed by atoms with E-state index < -0.39 is 0 Å². The fourth-order valence-corrected chi connectivity index (χ4v) is 2.78. The molecule has 1 atom stereocenters. The van der Waals surface area contributed by atoms with Gasteiger partial charge in [-0.05, 0) is 26.0 Å². The first-order chi connectivity index (χ1) is 11.5. The summed E-state index contributed by atoms with van der Waals surface area (Å²) in [6.07, 6.45) is 1.56. The number of carbonyl (C=O) groups is 1. The molecule has 1 saturated heterocycles. The summed E-state index contributed by atoms with van der Waals surface area (Å²) in [5, 5.41) is 8.12. The van der Waals surface area contributed by atoms with Crippen molar-refractivity contribution in [3.63, 3.8) is 0 Å². The minimum Gasteiger partial charge on any atom is -0.422 e. The van der Waals surface area contributed by atoms with Crippen LogP contribution < -0.4 is 0 Å². The topological polar surface area (TPSA) is 73.4 Å². The molecule has 2 aromatic heterocycles. The number of morpholine rings is 1. The monoisotopic (exact) mass is 332 g/mol. The number of hydrogen-bond acceptors (Lipinski definition) is 5. The van der Waals surface area contributed by atoms with Crippen LogP contribution >= 0.6 is 0 Å². The second kappa shape index (κ2) is 6.76. The largest absolute Gasteiger partial charge is 0.422 e. The van der Waals surface area contributed by atoms with Gasteiger partial charge in [-0.3, -0.25) is 4.79 Å². The lowest BCUT2D eigenvalue weighted by atomic mass is 10.2. The molecule has 7 heteroatoms. The summed E-state index contributed by atoms with van der Waals surface area (Å²) in [7, 11) is 0. The maximum atomic E-state index is 12.9. The van der Waals surface area contributed by atoms with Gasteiger partial charge in [-0.15, -0.1) is 10.2 Å². The Balaban J connectivity index is 1.75. The Labute approximate surface area is 141 Å². The predicted molar refractivity (Wildman–Crippen MR) is 87.8 cm³/mol. The molecule has 130 valence electrons. The molecule has 0 bridgehead atoms. The number of hydrogen-bond donors (Lipinski definition) is 0. The zero-order valence-electron chi connectivity index (χ0n) is 14.6. The van der Waals surface area contributed by atoms with Gasteiger partial charge in [-0.25, -0.2) is 0 Å². The highest BCUT2D eigenvalue weighted by molar-refractivity contribution is 5.93. The van der Waals surface area contributed by atoms with E-state index in [1.807, 2.05) is 36.7 Å².